The van der Waals surface area contributed by atoms with Crippen LogP contribution in [-0.4, -0.2) is 33.3 Å². The molecule has 0 bridgehead atoms. The molecule has 0 atom stereocenters. The summed E-state index contributed by atoms with van der Waals surface area (Å²) >= 11 is 0. The standard InChI is InChI=1S/C18H23N3O3/c1-3-18(4-2,17(23)24)13-19-16(22)12-14-6-8-15(9-7-14)21-11-5-10-20-21/h5-11H,3-4,12-13H2,1-2H3,(H,19,22)(H,23,24). The second-order valence-electron chi connectivity index (χ2n) is 5.86. The molecule has 0 aliphatic heterocycles. The fourth-order valence-electron chi connectivity index (χ4n) is 2.58. The van der Waals surface area contributed by atoms with Crippen molar-refractivity contribution in [1.29, 1.82) is 0 Å². The van der Waals surface area contributed by atoms with Gasteiger partial charge in [-0.2, -0.15) is 5.10 Å². The first-order valence-electron chi connectivity index (χ1n) is 8.10. The number of hydrogen-bond donors (Lipinski definition) is 2. The van der Waals surface area contributed by atoms with Crippen LogP contribution < -0.4 is 5.32 Å². The van der Waals surface area contributed by atoms with Crippen LogP contribution in [0.5, 0.6) is 0 Å². The topological polar surface area (TPSA) is 84.2 Å². The Hall–Kier alpha value is -2.63. The van der Waals surface area contributed by atoms with Crippen molar-refractivity contribution in [1.82, 2.24) is 15.1 Å². The van der Waals surface area contributed by atoms with Gasteiger partial charge in [-0.1, -0.05) is 26.0 Å². The van der Waals surface area contributed by atoms with Crippen molar-refractivity contribution in [2.75, 3.05) is 6.54 Å². The van der Waals surface area contributed by atoms with E-state index in [1.54, 1.807) is 10.9 Å². The predicted molar refractivity (Wildman–Crippen MR) is 90.9 cm³/mol. The highest BCUT2D eigenvalue weighted by atomic mass is 16.4. The van der Waals surface area contributed by atoms with Crippen molar-refractivity contribution in [3.8, 4) is 5.69 Å². The zero-order valence-electron chi connectivity index (χ0n) is 14.0. The Bertz CT molecular complexity index is 674. The number of rotatable bonds is 8. The lowest BCUT2D eigenvalue weighted by Gasteiger charge is -2.26. The number of hydrogen-bond acceptors (Lipinski definition) is 3. The largest absolute Gasteiger partial charge is 0.481 e. The summed E-state index contributed by atoms with van der Waals surface area (Å²) < 4.78 is 1.74. The van der Waals surface area contributed by atoms with Gasteiger partial charge in [0.15, 0.2) is 0 Å². The van der Waals surface area contributed by atoms with Gasteiger partial charge in [-0.15, -0.1) is 0 Å². The molecule has 1 heterocycles. The Balaban J connectivity index is 1.94. The monoisotopic (exact) mass is 329 g/mol. The molecule has 2 aromatic rings. The molecule has 1 amide bonds. The average Bonchev–Trinajstić information content (AvgIpc) is 3.11. The summed E-state index contributed by atoms with van der Waals surface area (Å²) in [5.74, 6) is -1.04. The zero-order chi connectivity index (χ0) is 17.6. The van der Waals surface area contributed by atoms with Gasteiger partial charge in [0.05, 0.1) is 17.5 Å². The van der Waals surface area contributed by atoms with Crippen molar-refractivity contribution in [3.05, 3.63) is 48.3 Å². The van der Waals surface area contributed by atoms with Crippen LogP contribution in [0.2, 0.25) is 0 Å². The number of amides is 1. The van der Waals surface area contributed by atoms with E-state index in [9.17, 15) is 14.7 Å². The number of benzene rings is 1. The highest BCUT2D eigenvalue weighted by molar-refractivity contribution is 5.80. The van der Waals surface area contributed by atoms with Gasteiger partial charge >= 0.3 is 5.97 Å². The molecule has 6 nitrogen and oxygen atoms in total. The SMILES string of the molecule is CCC(CC)(CNC(=O)Cc1ccc(-n2cccn2)cc1)C(=O)O. The Morgan fingerprint density at radius 2 is 1.88 bits per heavy atom. The van der Waals surface area contributed by atoms with Crippen LogP contribution in [0.3, 0.4) is 0 Å². The van der Waals surface area contributed by atoms with Crippen molar-refractivity contribution in [3.63, 3.8) is 0 Å². The molecule has 2 N–H and O–H groups in total. The molecule has 2 rings (SSSR count). The minimum atomic E-state index is -0.889. The number of aliphatic carboxylic acids is 1. The lowest BCUT2D eigenvalue weighted by atomic mass is 9.82. The number of nitrogens with one attached hydrogen (secondary N) is 1. The summed E-state index contributed by atoms with van der Waals surface area (Å²) in [6, 6.07) is 9.39. The van der Waals surface area contributed by atoms with Crippen LogP contribution in [0.4, 0.5) is 0 Å². The first-order chi connectivity index (χ1) is 11.5. The molecule has 24 heavy (non-hydrogen) atoms. The summed E-state index contributed by atoms with van der Waals surface area (Å²) in [6.45, 7) is 3.81. The second-order valence-corrected chi connectivity index (χ2v) is 5.86. The summed E-state index contributed by atoms with van der Waals surface area (Å²) in [5, 5.41) is 16.3. The summed E-state index contributed by atoms with van der Waals surface area (Å²) in [7, 11) is 0. The van der Waals surface area contributed by atoms with Crippen LogP contribution in [0, 0.1) is 5.41 Å². The fourth-order valence-corrected chi connectivity index (χ4v) is 2.58. The van der Waals surface area contributed by atoms with Gasteiger partial charge in [0.1, 0.15) is 0 Å². The van der Waals surface area contributed by atoms with Gasteiger partial charge in [0.25, 0.3) is 0 Å². The maximum Gasteiger partial charge on any atom is 0.311 e. The Morgan fingerprint density at radius 1 is 1.21 bits per heavy atom. The van der Waals surface area contributed by atoms with E-state index >= 15 is 0 Å². The average molecular weight is 329 g/mol. The van der Waals surface area contributed by atoms with Crippen molar-refractivity contribution in [2.24, 2.45) is 5.41 Å². The van der Waals surface area contributed by atoms with Crippen LogP contribution in [0.25, 0.3) is 5.69 Å². The molecule has 1 aromatic heterocycles. The van der Waals surface area contributed by atoms with E-state index in [2.05, 4.69) is 10.4 Å². The van der Waals surface area contributed by atoms with Gasteiger partial charge in [0.2, 0.25) is 5.91 Å². The van der Waals surface area contributed by atoms with E-state index < -0.39 is 11.4 Å². The minimum absolute atomic E-state index is 0.152. The lowest BCUT2D eigenvalue weighted by Crippen LogP contribution is -2.42. The Labute approximate surface area is 141 Å². The Kier molecular flexibility index (Phi) is 5.73. The number of carboxylic acids is 1. The normalized spacial score (nSPS) is 11.2. The predicted octanol–water partition coefficient (Wildman–Crippen LogP) is 2.42. The van der Waals surface area contributed by atoms with Crippen molar-refractivity contribution in [2.45, 2.75) is 33.1 Å². The molecular formula is C18H23N3O3. The molecule has 0 saturated heterocycles. The van der Waals surface area contributed by atoms with Crippen molar-refractivity contribution < 1.29 is 14.7 Å². The van der Waals surface area contributed by atoms with E-state index in [0.29, 0.717) is 12.8 Å². The van der Waals surface area contributed by atoms with Crippen LogP contribution in [-0.2, 0) is 16.0 Å². The number of carboxylic acid groups (broad SMARTS) is 1. The minimum Gasteiger partial charge on any atom is -0.481 e. The van der Waals surface area contributed by atoms with Gasteiger partial charge in [-0.05, 0) is 36.6 Å². The quantitative estimate of drug-likeness (QED) is 0.779. The molecule has 0 spiro atoms. The van der Waals surface area contributed by atoms with E-state index in [1.807, 2.05) is 50.4 Å². The number of aromatic nitrogens is 2. The lowest BCUT2D eigenvalue weighted by molar-refractivity contribution is -0.149. The van der Waals surface area contributed by atoms with Gasteiger partial charge in [-0.3, -0.25) is 9.59 Å². The molecule has 0 radical (unpaired) electrons. The molecule has 0 fully saturated rings. The molecule has 6 heteroatoms. The van der Waals surface area contributed by atoms with Gasteiger partial charge < -0.3 is 10.4 Å². The van der Waals surface area contributed by atoms with E-state index in [1.165, 1.54) is 0 Å². The maximum atomic E-state index is 12.1. The summed E-state index contributed by atoms with van der Waals surface area (Å²) in [6.07, 6.45) is 4.75. The van der Waals surface area contributed by atoms with Gasteiger partial charge in [0, 0.05) is 18.9 Å². The van der Waals surface area contributed by atoms with E-state index in [0.717, 1.165) is 11.3 Å². The summed E-state index contributed by atoms with van der Waals surface area (Å²) in [5.41, 5.74) is 0.905. The molecular weight excluding hydrogens is 306 g/mol. The third-order valence-corrected chi connectivity index (χ3v) is 4.50. The molecule has 128 valence electrons. The number of carbonyl (C=O) groups excluding carboxylic acids is 1. The molecule has 1 aromatic carbocycles. The fraction of sp³-hybridized carbons (Fsp3) is 0.389. The number of nitrogens with zero attached hydrogens (tertiary/aromatic N) is 2. The van der Waals surface area contributed by atoms with Gasteiger partial charge in [-0.25, -0.2) is 4.68 Å². The first kappa shape index (κ1) is 17.7. The molecule has 0 unspecified atom stereocenters. The second kappa shape index (κ2) is 7.77. The van der Waals surface area contributed by atoms with Crippen molar-refractivity contribution >= 4 is 11.9 Å². The maximum absolute atomic E-state index is 12.1. The highest BCUT2D eigenvalue weighted by Crippen LogP contribution is 2.25. The van der Waals surface area contributed by atoms with E-state index in [-0.39, 0.29) is 18.9 Å². The summed E-state index contributed by atoms with van der Waals surface area (Å²) in [4.78, 5) is 23.6. The van der Waals surface area contributed by atoms with Crippen LogP contribution in [0.15, 0.2) is 42.7 Å². The Morgan fingerprint density at radius 3 is 2.38 bits per heavy atom. The first-order valence-corrected chi connectivity index (χ1v) is 8.10. The third kappa shape index (κ3) is 4.01. The molecule has 0 saturated carbocycles. The smallest absolute Gasteiger partial charge is 0.311 e. The highest BCUT2D eigenvalue weighted by Gasteiger charge is 2.35. The van der Waals surface area contributed by atoms with Crippen LogP contribution >= 0.6 is 0 Å². The van der Waals surface area contributed by atoms with E-state index in [4.69, 9.17) is 0 Å². The zero-order valence-corrected chi connectivity index (χ0v) is 14.0. The third-order valence-electron chi connectivity index (χ3n) is 4.50. The number of carbonyl (C=O) groups is 2. The van der Waals surface area contributed by atoms with Crippen LogP contribution in [0.1, 0.15) is 32.3 Å². The molecule has 0 aliphatic carbocycles. The molecule has 0 aliphatic rings.